The lowest BCUT2D eigenvalue weighted by molar-refractivity contribution is -0.138. The van der Waals surface area contributed by atoms with Gasteiger partial charge in [0.15, 0.2) is 0 Å². The quantitative estimate of drug-likeness (QED) is 0.763. The monoisotopic (exact) mass is 401 g/mol. The summed E-state index contributed by atoms with van der Waals surface area (Å²) in [6, 6.07) is 3.75. The molecule has 27 heavy (non-hydrogen) atoms. The van der Waals surface area contributed by atoms with Gasteiger partial charge >= 0.3 is 6.18 Å². The van der Waals surface area contributed by atoms with Gasteiger partial charge in [0, 0.05) is 18.6 Å². The predicted molar refractivity (Wildman–Crippen MR) is 95.4 cm³/mol. The fourth-order valence-corrected chi connectivity index (χ4v) is 2.81. The maximum absolute atomic E-state index is 12.9. The topological polar surface area (TPSA) is 64.0 Å². The fourth-order valence-electron chi connectivity index (χ4n) is 2.58. The third-order valence-electron chi connectivity index (χ3n) is 3.95. The molecule has 2 aromatic rings. The molecule has 0 bridgehead atoms. The number of unbranched alkanes of at least 4 members (excludes halogenated alkanes) is 1. The van der Waals surface area contributed by atoms with Crippen molar-refractivity contribution in [2.24, 2.45) is 0 Å². The van der Waals surface area contributed by atoms with Crippen LogP contribution < -0.4 is 10.9 Å². The number of carbonyl (C=O) groups is 1. The molecule has 0 unspecified atom stereocenters. The van der Waals surface area contributed by atoms with Gasteiger partial charge in [0.1, 0.15) is 11.6 Å². The zero-order chi connectivity index (χ0) is 20.0. The number of nitrogens with one attached hydrogen (secondary N) is 1. The Morgan fingerprint density at radius 2 is 2.15 bits per heavy atom. The summed E-state index contributed by atoms with van der Waals surface area (Å²) in [6.07, 6.45) is 1.55. The van der Waals surface area contributed by atoms with Gasteiger partial charge in [0.25, 0.3) is 5.56 Å². The van der Waals surface area contributed by atoms with Gasteiger partial charge in [-0.05, 0) is 24.1 Å². The molecule has 5 nitrogen and oxygen atoms in total. The summed E-state index contributed by atoms with van der Waals surface area (Å²) in [4.78, 5) is 28.4. The van der Waals surface area contributed by atoms with Crippen LogP contribution in [-0.2, 0) is 17.5 Å². The van der Waals surface area contributed by atoms with E-state index in [4.69, 9.17) is 11.6 Å². The first-order valence-electron chi connectivity index (χ1n) is 8.38. The molecule has 9 heteroatoms. The number of amides is 1. The highest BCUT2D eigenvalue weighted by Crippen LogP contribution is 2.29. The summed E-state index contributed by atoms with van der Waals surface area (Å²) in [7, 11) is 0. The molecule has 0 aliphatic heterocycles. The van der Waals surface area contributed by atoms with E-state index in [1.165, 1.54) is 0 Å². The van der Waals surface area contributed by atoms with Crippen molar-refractivity contribution in [2.45, 2.75) is 44.9 Å². The number of nitrogens with zero attached hydrogens (tertiary/aromatic N) is 2. The number of hydrogen-bond acceptors (Lipinski definition) is 3. The van der Waals surface area contributed by atoms with E-state index in [-0.39, 0.29) is 6.04 Å². The molecule has 2 rings (SSSR count). The first kappa shape index (κ1) is 21.0. The molecule has 0 aliphatic carbocycles. The fraction of sp³-hybridized carbons (Fsp3) is 0.389. The maximum atomic E-state index is 12.9. The Labute approximate surface area is 159 Å². The first-order chi connectivity index (χ1) is 12.7. The third kappa shape index (κ3) is 5.82. The minimum Gasteiger partial charge on any atom is -0.348 e. The van der Waals surface area contributed by atoms with E-state index in [9.17, 15) is 22.8 Å². The summed E-state index contributed by atoms with van der Waals surface area (Å²) >= 11 is 5.61. The van der Waals surface area contributed by atoms with Crippen LogP contribution in [0, 0.1) is 0 Å². The lowest BCUT2D eigenvalue weighted by Gasteiger charge is -2.19. The average Bonchev–Trinajstić information content (AvgIpc) is 2.62. The molecule has 0 radical (unpaired) electrons. The molecule has 1 atom stereocenters. The number of halogens is 4. The van der Waals surface area contributed by atoms with E-state index in [1.54, 1.807) is 24.5 Å². The standard InChI is InChI=1S/C18H19ClF3N3O2/c1-2-3-6-15(12-5-4-7-23-9-12)24-16(26)11-25-10-13(18(20,21)22)8-14(19)17(25)27/h4-5,7-10,15H,2-3,6,11H2,1H3,(H,24,26)/t15-/m0/s1. The van der Waals surface area contributed by atoms with Crippen LogP contribution in [0.4, 0.5) is 13.2 Å². The normalized spacial score (nSPS) is 12.6. The Balaban J connectivity index is 2.20. The summed E-state index contributed by atoms with van der Waals surface area (Å²) < 4.78 is 39.4. The van der Waals surface area contributed by atoms with E-state index < -0.39 is 34.8 Å². The van der Waals surface area contributed by atoms with Crippen LogP contribution in [0.15, 0.2) is 41.6 Å². The van der Waals surface area contributed by atoms with Crippen molar-refractivity contribution in [1.82, 2.24) is 14.9 Å². The van der Waals surface area contributed by atoms with Crippen LogP contribution in [0.2, 0.25) is 5.02 Å². The predicted octanol–water partition coefficient (Wildman–Crippen LogP) is 3.96. The van der Waals surface area contributed by atoms with Crippen molar-refractivity contribution in [3.8, 4) is 0 Å². The molecule has 146 valence electrons. The number of alkyl halides is 3. The van der Waals surface area contributed by atoms with Crippen LogP contribution in [0.25, 0.3) is 0 Å². The van der Waals surface area contributed by atoms with Gasteiger partial charge in [-0.1, -0.05) is 37.4 Å². The molecular weight excluding hydrogens is 383 g/mol. The smallest absolute Gasteiger partial charge is 0.348 e. The van der Waals surface area contributed by atoms with Gasteiger partial charge in [-0.3, -0.25) is 14.6 Å². The Morgan fingerprint density at radius 3 is 2.74 bits per heavy atom. The second-order valence-electron chi connectivity index (χ2n) is 6.06. The Morgan fingerprint density at radius 1 is 1.41 bits per heavy atom. The summed E-state index contributed by atoms with van der Waals surface area (Å²) in [5, 5.41) is 2.17. The molecule has 2 heterocycles. The Bertz CT molecular complexity index is 838. The molecule has 0 aliphatic rings. The van der Waals surface area contributed by atoms with Crippen molar-refractivity contribution in [3.63, 3.8) is 0 Å². The van der Waals surface area contributed by atoms with Crippen molar-refractivity contribution in [1.29, 1.82) is 0 Å². The van der Waals surface area contributed by atoms with Crippen LogP contribution >= 0.6 is 11.6 Å². The first-order valence-corrected chi connectivity index (χ1v) is 8.76. The second-order valence-corrected chi connectivity index (χ2v) is 6.46. The molecule has 0 saturated heterocycles. The van der Waals surface area contributed by atoms with E-state index in [0.29, 0.717) is 23.3 Å². The van der Waals surface area contributed by atoms with Gasteiger partial charge < -0.3 is 9.88 Å². The summed E-state index contributed by atoms with van der Waals surface area (Å²) in [5.41, 5.74) is -1.16. The van der Waals surface area contributed by atoms with Crippen molar-refractivity contribution in [2.75, 3.05) is 0 Å². The van der Waals surface area contributed by atoms with E-state index in [1.807, 2.05) is 6.92 Å². The zero-order valence-electron chi connectivity index (χ0n) is 14.6. The number of pyridine rings is 2. The lowest BCUT2D eigenvalue weighted by Crippen LogP contribution is -2.35. The van der Waals surface area contributed by atoms with Crippen molar-refractivity contribution in [3.05, 3.63) is 63.3 Å². The highest BCUT2D eigenvalue weighted by Gasteiger charge is 2.32. The highest BCUT2D eigenvalue weighted by atomic mass is 35.5. The van der Waals surface area contributed by atoms with Crippen molar-refractivity contribution >= 4 is 17.5 Å². The minimum absolute atomic E-state index is 0.344. The average molecular weight is 402 g/mol. The number of carbonyl (C=O) groups excluding carboxylic acids is 1. The molecule has 0 fully saturated rings. The molecule has 1 N–H and O–H groups in total. The Hall–Kier alpha value is -2.35. The summed E-state index contributed by atoms with van der Waals surface area (Å²) in [5.74, 6) is -0.586. The molecule has 0 saturated carbocycles. The van der Waals surface area contributed by atoms with Crippen LogP contribution in [0.5, 0.6) is 0 Å². The van der Waals surface area contributed by atoms with Gasteiger partial charge in [-0.15, -0.1) is 0 Å². The summed E-state index contributed by atoms with van der Waals surface area (Å²) in [6.45, 7) is 1.44. The van der Waals surface area contributed by atoms with Crippen LogP contribution in [0.3, 0.4) is 0 Å². The lowest BCUT2D eigenvalue weighted by atomic mass is 10.0. The minimum atomic E-state index is -4.67. The SMILES string of the molecule is CCCC[C@H](NC(=O)Cn1cc(C(F)(F)F)cc(Cl)c1=O)c1cccnc1. The van der Waals surface area contributed by atoms with Crippen molar-refractivity contribution < 1.29 is 18.0 Å². The van der Waals surface area contributed by atoms with Gasteiger partial charge in [0.05, 0.1) is 11.6 Å². The molecule has 0 aromatic carbocycles. The maximum Gasteiger partial charge on any atom is 0.417 e. The number of aromatic nitrogens is 2. The molecule has 1 amide bonds. The van der Waals surface area contributed by atoms with E-state index >= 15 is 0 Å². The molecule has 0 spiro atoms. The van der Waals surface area contributed by atoms with E-state index in [0.717, 1.165) is 18.4 Å². The Kier molecular flexibility index (Phi) is 7.01. The zero-order valence-corrected chi connectivity index (χ0v) is 15.3. The van der Waals surface area contributed by atoms with E-state index in [2.05, 4.69) is 10.3 Å². The van der Waals surface area contributed by atoms with Gasteiger partial charge in [-0.25, -0.2) is 0 Å². The molecular formula is C18H19ClF3N3O2. The van der Waals surface area contributed by atoms with Crippen LogP contribution in [0.1, 0.15) is 43.4 Å². The van der Waals surface area contributed by atoms with Gasteiger partial charge in [-0.2, -0.15) is 13.2 Å². The second kappa shape index (κ2) is 9.03. The highest BCUT2D eigenvalue weighted by molar-refractivity contribution is 6.30. The third-order valence-corrected chi connectivity index (χ3v) is 4.22. The van der Waals surface area contributed by atoms with Crippen LogP contribution in [-0.4, -0.2) is 15.5 Å². The largest absolute Gasteiger partial charge is 0.417 e. The number of rotatable bonds is 7. The molecule has 2 aromatic heterocycles. The number of hydrogen-bond donors (Lipinski definition) is 1. The van der Waals surface area contributed by atoms with Gasteiger partial charge in [0.2, 0.25) is 5.91 Å².